The molecule has 0 amide bonds. The minimum absolute atomic E-state index is 0. The average molecular weight is 483 g/mol. The second-order valence-corrected chi connectivity index (χ2v) is 9.35. The lowest BCUT2D eigenvalue weighted by Crippen LogP contribution is -2.55. The lowest BCUT2D eigenvalue weighted by molar-refractivity contribution is 0.0424. The number of nitrogens with zero attached hydrogens (tertiary/aromatic N) is 3. The van der Waals surface area contributed by atoms with E-state index in [0.717, 1.165) is 72.7 Å². The SMILES string of the molecule is CC.CNCCOc1ccc(-c2cc(N3CCC4(CN(C)C4)C3)c3cc(F)c(OC)cc3n2)cc1.[HH]. The first-order chi connectivity index (χ1) is 17.0. The van der Waals surface area contributed by atoms with Gasteiger partial charge in [-0.2, -0.15) is 0 Å². The molecule has 2 aromatic carbocycles. The highest BCUT2D eigenvalue weighted by molar-refractivity contribution is 5.95. The van der Waals surface area contributed by atoms with Crippen LogP contribution in [0.5, 0.6) is 11.5 Å². The fraction of sp³-hybridized carbons (Fsp3) is 0.464. The number of nitrogens with one attached hydrogen (secondary N) is 1. The highest BCUT2D eigenvalue weighted by Gasteiger charge is 2.46. The predicted molar refractivity (Wildman–Crippen MR) is 143 cm³/mol. The molecular weight excluding hydrogens is 443 g/mol. The number of ether oxygens (including phenoxy) is 2. The van der Waals surface area contributed by atoms with Crippen molar-refractivity contribution in [3.63, 3.8) is 0 Å². The molecule has 7 heteroatoms. The molecule has 1 aromatic heterocycles. The van der Waals surface area contributed by atoms with Gasteiger partial charge < -0.3 is 24.6 Å². The van der Waals surface area contributed by atoms with Gasteiger partial charge in [-0.1, -0.05) is 13.8 Å². The number of pyridine rings is 1. The van der Waals surface area contributed by atoms with E-state index < -0.39 is 0 Å². The van der Waals surface area contributed by atoms with Crippen molar-refractivity contribution in [2.45, 2.75) is 20.3 Å². The third kappa shape index (κ3) is 5.21. The number of likely N-dealkylation sites (tertiary alicyclic amines) is 1. The topological polar surface area (TPSA) is 49.9 Å². The van der Waals surface area contributed by atoms with Crippen molar-refractivity contribution < 1.29 is 15.3 Å². The van der Waals surface area contributed by atoms with E-state index in [2.05, 4.69) is 28.2 Å². The summed E-state index contributed by atoms with van der Waals surface area (Å²) in [5, 5.41) is 3.90. The third-order valence-electron chi connectivity index (χ3n) is 6.82. The Morgan fingerprint density at radius 2 is 1.86 bits per heavy atom. The van der Waals surface area contributed by atoms with Gasteiger partial charge in [0.2, 0.25) is 0 Å². The van der Waals surface area contributed by atoms with Gasteiger partial charge >= 0.3 is 0 Å². The molecule has 0 unspecified atom stereocenters. The molecule has 5 rings (SSSR count). The van der Waals surface area contributed by atoms with Gasteiger partial charge in [-0.25, -0.2) is 9.37 Å². The largest absolute Gasteiger partial charge is 0.494 e. The average Bonchev–Trinajstić information content (AvgIpc) is 3.30. The number of likely N-dealkylation sites (N-methyl/N-ethyl adjacent to an activating group) is 1. The molecule has 0 atom stereocenters. The highest BCUT2D eigenvalue weighted by atomic mass is 19.1. The first kappa shape index (κ1) is 25.2. The minimum Gasteiger partial charge on any atom is -0.494 e. The van der Waals surface area contributed by atoms with Crippen molar-refractivity contribution in [1.29, 1.82) is 0 Å². The van der Waals surface area contributed by atoms with Crippen LogP contribution < -0.4 is 19.7 Å². The Kier molecular flexibility index (Phi) is 7.77. The number of hydrogen-bond acceptors (Lipinski definition) is 6. The summed E-state index contributed by atoms with van der Waals surface area (Å²) in [6.07, 6.45) is 1.16. The Morgan fingerprint density at radius 1 is 1.11 bits per heavy atom. The van der Waals surface area contributed by atoms with Gasteiger partial charge in [0.25, 0.3) is 0 Å². The van der Waals surface area contributed by atoms with Crippen molar-refractivity contribution in [2.24, 2.45) is 5.41 Å². The van der Waals surface area contributed by atoms with Gasteiger partial charge in [0.15, 0.2) is 11.6 Å². The molecule has 0 saturated carbocycles. The van der Waals surface area contributed by atoms with Crippen molar-refractivity contribution >= 4 is 16.6 Å². The Morgan fingerprint density at radius 3 is 2.51 bits per heavy atom. The summed E-state index contributed by atoms with van der Waals surface area (Å²) in [4.78, 5) is 9.65. The summed E-state index contributed by atoms with van der Waals surface area (Å²) in [6.45, 7) is 9.61. The standard InChI is InChI=1S/C26H31FN4O2.C2H6.H2/c1-28-9-11-33-19-6-4-18(5-7-19)22-13-24(31-10-8-26(17-31)15-30(2)16-26)20-12-21(27)25(32-3)14-23(20)29-22;1-2;/h4-7,12-14,28H,8-11,15-17H2,1-3H3;1-2H3;1H. The second-order valence-electron chi connectivity index (χ2n) is 9.35. The van der Waals surface area contributed by atoms with Crippen molar-refractivity contribution in [2.75, 3.05) is 65.4 Å². The normalized spacial score (nSPS) is 16.7. The maximum atomic E-state index is 14.7. The van der Waals surface area contributed by atoms with Crippen LogP contribution in [0.2, 0.25) is 0 Å². The number of benzene rings is 2. The van der Waals surface area contributed by atoms with Crippen LogP contribution in [0.3, 0.4) is 0 Å². The van der Waals surface area contributed by atoms with E-state index in [4.69, 9.17) is 14.5 Å². The van der Waals surface area contributed by atoms with E-state index in [1.165, 1.54) is 7.11 Å². The smallest absolute Gasteiger partial charge is 0.165 e. The van der Waals surface area contributed by atoms with E-state index >= 15 is 0 Å². The molecule has 35 heavy (non-hydrogen) atoms. The molecule has 1 spiro atoms. The highest BCUT2D eigenvalue weighted by Crippen LogP contribution is 2.43. The summed E-state index contributed by atoms with van der Waals surface area (Å²) in [5.74, 6) is 0.681. The van der Waals surface area contributed by atoms with E-state index in [0.29, 0.717) is 12.0 Å². The fourth-order valence-electron chi connectivity index (χ4n) is 5.27. The van der Waals surface area contributed by atoms with Gasteiger partial charge in [0.05, 0.1) is 18.3 Å². The Bertz CT molecular complexity index is 1150. The molecule has 2 fully saturated rings. The van der Waals surface area contributed by atoms with E-state index in [9.17, 15) is 4.39 Å². The van der Waals surface area contributed by atoms with Crippen LogP contribution >= 0.6 is 0 Å². The lowest BCUT2D eigenvalue weighted by Gasteiger charge is -2.46. The molecular formula is C28H39FN4O2. The number of hydrogen-bond donors (Lipinski definition) is 1. The van der Waals surface area contributed by atoms with Crippen LogP contribution in [0.1, 0.15) is 21.7 Å². The Balaban J connectivity index is 0.00000117. The maximum Gasteiger partial charge on any atom is 0.165 e. The van der Waals surface area contributed by atoms with Crippen LogP contribution in [-0.2, 0) is 0 Å². The van der Waals surface area contributed by atoms with E-state index in [1.807, 2.05) is 45.2 Å². The number of aromatic nitrogens is 1. The zero-order valence-electron chi connectivity index (χ0n) is 21.5. The number of fused-ring (bicyclic) bond motifs is 1. The van der Waals surface area contributed by atoms with Gasteiger partial charge in [0.1, 0.15) is 12.4 Å². The molecule has 3 aromatic rings. The van der Waals surface area contributed by atoms with Crippen LogP contribution in [0.4, 0.5) is 10.1 Å². The summed E-state index contributed by atoms with van der Waals surface area (Å²) in [5.41, 5.74) is 3.99. The molecule has 6 nitrogen and oxygen atoms in total. The molecule has 2 aliphatic rings. The second kappa shape index (κ2) is 10.8. The molecule has 190 valence electrons. The number of methoxy groups -OCH3 is 1. The molecule has 2 saturated heterocycles. The maximum absolute atomic E-state index is 14.7. The number of anilines is 1. The van der Waals surface area contributed by atoms with Gasteiger partial charge in [-0.15, -0.1) is 0 Å². The molecule has 3 heterocycles. The van der Waals surface area contributed by atoms with Crippen LogP contribution in [0, 0.1) is 11.2 Å². The first-order valence-corrected chi connectivity index (χ1v) is 12.5. The Labute approximate surface area is 209 Å². The van der Waals surface area contributed by atoms with Gasteiger partial charge in [-0.05, 0) is 56.9 Å². The number of rotatable bonds is 7. The summed E-state index contributed by atoms with van der Waals surface area (Å²) >= 11 is 0. The van der Waals surface area contributed by atoms with Crippen molar-refractivity contribution in [3.05, 3.63) is 48.3 Å². The summed E-state index contributed by atoms with van der Waals surface area (Å²) < 4.78 is 25.7. The third-order valence-corrected chi connectivity index (χ3v) is 6.82. The van der Waals surface area contributed by atoms with Gasteiger partial charge in [-0.3, -0.25) is 0 Å². The molecule has 0 aliphatic carbocycles. The van der Waals surface area contributed by atoms with Crippen LogP contribution in [0.15, 0.2) is 42.5 Å². The molecule has 2 aliphatic heterocycles. The lowest BCUT2D eigenvalue weighted by atomic mass is 9.79. The van der Waals surface area contributed by atoms with E-state index in [-0.39, 0.29) is 13.0 Å². The summed E-state index contributed by atoms with van der Waals surface area (Å²) in [7, 11) is 5.56. The molecule has 1 N–H and O–H groups in total. The fourth-order valence-corrected chi connectivity index (χ4v) is 5.27. The quantitative estimate of drug-likeness (QED) is 0.475. The minimum atomic E-state index is -0.360. The summed E-state index contributed by atoms with van der Waals surface area (Å²) in [6, 6.07) is 13.4. The first-order valence-electron chi connectivity index (χ1n) is 12.5. The van der Waals surface area contributed by atoms with Crippen molar-refractivity contribution in [3.8, 4) is 22.8 Å². The zero-order valence-corrected chi connectivity index (χ0v) is 21.5. The molecule has 0 radical (unpaired) electrons. The van der Waals surface area contributed by atoms with Crippen LogP contribution in [-0.4, -0.2) is 70.4 Å². The zero-order chi connectivity index (χ0) is 25.0. The number of halogens is 1. The van der Waals surface area contributed by atoms with Gasteiger partial charge in [0, 0.05) is 62.3 Å². The van der Waals surface area contributed by atoms with Crippen molar-refractivity contribution in [1.82, 2.24) is 15.2 Å². The monoisotopic (exact) mass is 482 g/mol. The van der Waals surface area contributed by atoms with E-state index in [1.54, 1.807) is 12.1 Å². The predicted octanol–water partition coefficient (Wildman–Crippen LogP) is 5.06. The van der Waals surface area contributed by atoms with Crippen LogP contribution in [0.25, 0.3) is 22.2 Å². The Hall–Kier alpha value is -2.90. The molecule has 0 bridgehead atoms.